The van der Waals surface area contributed by atoms with Gasteiger partial charge in [-0.15, -0.1) is 0 Å². The van der Waals surface area contributed by atoms with Gasteiger partial charge >= 0.3 is 0 Å². The van der Waals surface area contributed by atoms with Crippen LogP contribution in [0.4, 0.5) is 0 Å². The summed E-state index contributed by atoms with van der Waals surface area (Å²) in [4.78, 5) is 24.6. The summed E-state index contributed by atoms with van der Waals surface area (Å²) in [7, 11) is 0. The number of carbonyl (C=O) groups excluding carboxylic acids is 2. The molecule has 1 atom stereocenters. The molecule has 23 heavy (non-hydrogen) atoms. The fourth-order valence-corrected chi connectivity index (χ4v) is 2.82. The van der Waals surface area contributed by atoms with Crippen molar-refractivity contribution in [1.82, 2.24) is 4.90 Å². The molecule has 1 saturated heterocycles. The first-order chi connectivity index (χ1) is 11.1. The number of carboxylic acid groups (broad SMARTS) is 1. The second-order valence-corrected chi connectivity index (χ2v) is 5.66. The van der Waals surface area contributed by atoms with E-state index in [1.807, 2.05) is 4.90 Å². The number of amides is 1. The molecule has 5 nitrogen and oxygen atoms in total. The highest BCUT2D eigenvalue weighted by atomic mass is 16.5. The largest absolute Gasteiger partial charge is 0.545 e. The Bertz CT molecular complexity index is 565. The molecule has 2 rings (SSSR count). The number of hydrogen-bond acceptors (Lipinski definition) is 4. The molecule has 0 saturated carbocycles. The summed E-state index contributed by atoms with van der Waals surface area (Å²) < 4.78 is 5.55. The van der Waals surface area contributed by atoms with Gasteiger partial charge in [0.2, 0.25) is 0 Å². The van der Waals surface area contributed by atoms with Gasteiger partial charge in [-0.3, -0.25) is 4.79 Å². The molecule has 1 amide bonds. The van der Waals surface area contributed by atoms with E-state index in [1.165, 1.54) is 12.5 Å². The van der Waals surface area contributed by atoms with Crippen LogP contribution in [0.3, 0.4) is 0 Å². The van der Waals surface area contributed by atoms with Crippen molar-refractivity contribution in [3.8, 4) is 5.75 Å². The molecule has 0 bridgehead atoms. The molecule has 1 aliphatic heterocycles. The molecule has 124 valence electrons. The zero-order valence-corrected chi connectivity index (χ0v) is 13.4. The molecule has 0 aliphatic carbocycles. The standard InChI is InChI=1S/C18H23NO4/c1-2-15-5-3-4-12-19(15)17(20)13-23-16-9-6-14(7-10-16)8-11-18(21)22/h6-11,15H,2-5,12-13H2,1H3,(H,21,22)/p-1/b11-8+/t15-/m1/s1. The van der Waals surface area contributed by atoms with E-state index in [4.69, 9.17) is 4.74 Å². The van der Waals surface area contributed by atoms with Crippen LogP contribution in [0.1, 0.15) is 38.2 Å². The number of rotatable bonds is 6. The van der Waals surface area contributed by atoms with Crippen molar-refractivity contribution in [3.05, 3.63) is 35.9 Å². The third-order valence-corrected chi connectivity index (χ3v) is 4.07. The topological polar surface area (TPSA) is 69.7 Å². The molecule has 5 heteroatoms. The Morgan fingerprint density at radius 3 is 2.70 bits per heavy atom. The predicted molar refractivity (Wildman–Crippen MR) is 85.6 cm³/mol. The number of piperidine rings is 1. The van der Waals surface area contributed by atoms with Crippen molar-refractivity contribution in [2.24, 2.45) is 0 Å². The van der Waals surface area contributed by atoms with Crippen LogP contribution < -0.4 is 9.84 Å². The minimum atomic E-state index is -1.23. The summed E-state index contributed by atoms with van der Waals surface area (Å²) in [5.41, 5.74) is 0.731. The highest BCUT2D eigenvalue weighted by Gasteiger charge is 2.25. The number of carbonyl (C=O) groups is 2. The van der Waals surface area contributed by atoms with Gasteiger partial charge in [-0.2, -0.15) is 0 Å². The smallest absolute Gasteiger partial charge is 0.260 e. The maximum absolute atomic E-state index is 12.3. The van der Waals surface area contributed by atoms with E-state index >= 15 is 0 Å². The van der Waals surface area contributed by atoms with Gasteiger partial charge in [0.25, 0.3) is 5.91 Å². The molecule has 0 unspecified atom stereocenters. The Labute approximate surface area is 136 Å². The van der Waals surface area contributed by atoms with Crippen LogP contribution in [0, 0.1) is 0 Å². The van der Waals surface area contributed by atoms with Gasteiger partial charge in [0.1, 0.15) is 5.75 Å². The number of likely N-dealkylation sites (tertiary alicyclic amines) is 1. The van der Waals surface area contributed by atoms with Gasteiger partial charge in [-0.1, -0.05) is 25.1 Å². The number of ether oxygens (including phenoxy) is 1. The average molecular weight is 316 g/mol. The Morgan fingerprint density at radius 1 is 1.30 bits per heavy atom. The summed E-state index contributed by atoms with van der Waals surface area (Å²) >= 11 is 0. The van der Waals surface area contributed by atoms with Gasteiger partial charge in [-0.25, -0.2) is 0 Å². The lowest BCUT2D eigenvalue weighted by Gasteiger charge is -2.35. The second-order valence-electron chi connectivity index (χ2n) is 5.66. The fourth-order valence-electron chi connectivity index (χ4n) is 2.82. The van der Waals surface area contributed by atoms with Crippen molar-refractivity contribution in [2.45, 2.75) is 38.6 Å². The van der Waals surface area contributed by atoms with Crippen LogP contribution in [0.2, 0.25) is 0 Å². The summed E-state index contributed by atoms with van der Waals surface area (Å²) in [6.45, 7) is 2.95. The molecule has 0 N–H and O–H groups in total. The van der Waals surface area contributed by atoms with Crippen molar-refractivity contribution >= 4 is 18.0 Å². The summed E-state index contributed by atoms with van der Waals surface area (Å²) in [6, 6.07) is 7.23. The van der Waals surface area contributed by atoms with Crippen LogP contribution in [0.5, 0.6) is 5.75 Å². The normalized spacial score (nSPS) is 18.1. The van der Waals surface area contributed by atoms with Crippen molar-refractivity contribution in [1.29, 1.82) is 0 Å². The van der Waals surface area contributed by atoms with Crippen LogP contribution in [-0.4, -0.2) is 36.0 Å². The van der Waals surface area contributed by atoms with Gasteiger partial charge in [0.15, 0.2) is 6.61 Å². The Morgan fingerprint density at radius 2 is 2.04 bits per heavy atom. The number of carboxylic acids is 1. The van der Waals surface area contributed by atoms with Crippen molar-refractivity contribution < 1.29 is 19.4 Å². The fraction of sp³-hybridized carbons (Fsp3) is 0.444. The van der Waals surface area contributed by atoms with Gasteiger partial charge < -0.3 is 19.5 Å². The molecule has 0 radical (unpaired) electrons. The zero-order valence-electron chi connectivity index (χ0n) is 13.4. The first-order valence-electron chi connectivity index (χ1n) is 8.01. The van der Waals surface area contributed by atoms with E-state index in [-0.39, 0.29) is 12.5 Å². The van der Waals surface area contributed by atoms with E-state index < -0.39 is 5.97 Å². The zero-order chi connectivity index (χ0) is 16.7. The molecule has 1 aliphatic rings. The van der Waals surface area contributed by atoms with Crippen LogP contribution in [-0.2, 0) is 9.59 Å². The lowest BCUT2D eigenvalue weighted by atomic mass is 10.00. The second kappa shape index (κ2) is 8.36. The third-order valence-electron chi connectivity index (χ3n) is 4.07. The molecular weight excluding hydrogens is 294 g/mol. The monoisotopic (exact) mass is 316 g/mol. The number of aliphatic carboxylic acids is 1. The predicted octanol–water partition coefficient (Wildman–Crippen LogP) is 1.62. The lowest BCUT2D eigenvalue weighted by Crippen LogP contribution is -2.45. The van der Waals surface area contributed by atoms with Crippen molar-refractivity contribution in [3.63, 3.8) is 0 Å². The third kappa shape index (κ3) is 5.13. The van der Waals surface area contributed by atoms with E-state index in [0.717, 1.165) is 37.4 Å². The molecule has 0 spiro atoms. The first kappa shape index (κ1) is 17.1. The molecule has 0 aromatic heterocycles. The van der Waals surface area contributed by atoms with Crippen LogP contribution in [0.15, 0.2) is 30.3 Å². The lowest BCUT2D eigenvalue weighted by molar-refractivity contribution is -0.297. The molecule has 1 aromatic rings. The summed E-state index contributed by atoms with van der Waals surface area (Å²) in [6.07, 6.45) is 6.71. The average Bonchev–Trinajstić information content (AvgIpc) is 2.58. The van der Waals surface area contributed by atoms with E-state index in [1.54, 1.807) is 24.3 Å². The van der Waals surface area contributed by atoms with E-state index in [0.29, 0.717) is 11.8 Å². The minimum Gasteiger partial charge on any atom is -0.545 e. The van der Waals surface area contributed by atoms with Gasteiger partial charge in [-0.05, 0) is 49.5 Å². The van der Waals surface area contributed by atoms with Crippen molar-refractivity contribution in [2.75, 3.05) is 13.2 Å². The first-order valence-corrected chi connectivity index (χ1v) is 8.01. The minimum absolute atomic E-state index is 0.0254. The number of benzene rings is 1. The van der Waals surface area contributed by atoms with Gasteiger partial charge in [0.05, 0.1) is 5.97 Å². The number of hydrogen-bond donors (Lipinski definition) is 0. The quantitative estimate of drug-likeness (QED) is 0.748. The van der Waals surface area contributed by atoms with Crippen LogP contribution >= 0.6 is 0 Å². The molecule has 1 heterocycles. The summed E-state index contributed by atoms with van der Waals surface area (Å²) in [5, 5.41) is 10.4. The SMILES string of the molecule is CC[C@@H]1CCCCN1C(=O)COc1ccc(/C=C/C(=O)[O-])cc1. The maximum atomic E-state index is 12.3. The highest BCUT2D eigenvalue weighted by molar-refractivity contribution is 5.83. The Balaban J connectivity index is 1.87. The Kier molecular flexibility index (Phi) is 6.20. The highest BCUT2D eigenvalue weighted by Crippen LogP contribution is 2.20. The number of nitrogens with zero attached hydrogens (tertiary/aromatic N) is 1. The summed E-state index contributed by atoms with van der Waals surface area (Å²) in [5.74, 6) is -0.616. The Hall–Kier alpha value is -2.30. The van der Waals surface area contributed by atoms with E-state index in [2.05, 4.69) is 6.92 Å². The molecular formula is C18H22NO4-. The van der Waals surface area contributed by atoms with E-state index in [9.17, 15) is 14.7 Å². The molecule has 1 fully saturated rings. The van der Waals surface area contributed by atoms with Crippen LogP contribution in [0.25, 0.3) is 6.08 Å². The molecule has 1 aromatic carbocycles. The van der Waals surface area contributed by atoms with Gasteiger partial charge in [0, 0.05) is 12.6 Å². The maximum Gasteiger partial charge on any atom is 0.260 e.